The molecule has 0 atom stereocenters. The summed E-state index contributed by atoms with van der Waals surface area (Å²) >= 11 is 1.44. The summed E-state index contributed by atoms with van der Waals surface area (Å²) < 4.78 is 27.4. The van der Waals surface area contributed by atoms with Gasteiger partial charge >= 0.3 is 0 Å². The van der Waals surface area contributed by atoms with Gasteiger partial charge in [0.25, 0.3) is 0 Å². The molecule has 0 aliphatic carbocycles. The number of hydrogen-bond donors (Lipinski definition) is 1. The molecule has 1 aromatic rings. The summed E-state index contributed by atoms with van der Waals surface area (Å²) in [4.78, 5) is 1.21. The van der Waals surface area contributed by atoms with E-state index in [-0.39, 0.29) is 6.54 Å². The molecule has 0 saturated heterocycles. The quantitative estimate of drug-likeness (QED) is 0.761. The van der Waals surface area contributed by atoms with Crippen molar-refractivity contribution in [3.05, 3.63) is 15.8 Å². The topological polar surface area (TPSA) is 63.4 Å². The summed E-state index contributed by atoms with van der Waals surface area (Å²) in [6, 6.07) is 0. The van der Waals surface area contributed by atoms with E-state index in [4.69, 9.17) is 5.73 Å². The first kappa shape index (κ1) is 17.6. The average molecular weight is 319 g/mol. The Morgan fingerprint density at radius 1 is 1.20 bits per heavy atom. The number of unbranched alkanes of at least 4 members (excludes halogenated alkanes) is 2. The Kier molecular flexibility index (Phi) is 7.15. The molecule has 20 heavy (non-hydrogen) atoms. The second-order valence-corrected chi connectivity index (χ2v) is 7.83. The molecule has 1 rings (SSSR count). The zero-order chi connectivity index (χ0) is 15.2. The van der Waals surface area contributed by atoms with E-state index in [1.54, 1.807) is 4.31 Å². The van der Waals surface area contributed by atoms with Gasteiger partial charge in [-0.1, -0.05) is 26.7 Å². The zero-order valence-corrected chi connectivity index (χ0v) is 14.3. The molecule has 0 bridgehead atoms. The van der Waals surface area contributed by atoms with Crippen LogP contribution in [-0.2, 0) is 16.6 Å². The Balaban J connectivity index is 3.10. The van der Waals surface area contributed by atoms with Gasteiger partial charge in [-0.05, 0) is 30.7 Å². The number of nitrogens with two attached hydrogens (primary N) is 1. The fourth-order valence-electron chi connectivity index (χ4n) is 2.12. The van der Waals surface area contributed by atoms with Crippen molar-refractivity contribution in [1.29, 1.82) is 0 Å². The normalized spacial score (nSPS) is 12.2. The molecular weight excluding hydrogens is 292 g/mol. The van der Waals surface area contributed by atoms with Gasteiger partial charge in [0.15, 0.2) is 0 Å². The third-order valence-corrected chi connectivity index (χ3v) is 6.68. The van der Waals surface area contributed by atoms with E-state index in [2.05, 4.69) is 13.8 Å². The van der Waals surface area contributed by atoms with Crippen LogP contribution in [0.1, 0.15) is 50.0 Å². The molecule has 6 heteroatoms. The van der Waals surface area contributed by atoms with Gasteiger partial charge in [0, 0.05) is 24.5 Å². The maximum absolute atomic E-state index is 12.9. The third-order valence-electron chi connectivity index (χ3n) is 3.29. The predicted octanol–water partition coefficient (Wildman–Crippen LogP) is 3.11. The number of nitrogens with zero attached hydrogens (tertiary/aromatic N) is 1. The smallest absolute Gasteiger partial charge is 0.244 e. The van der Waals surface area contributed by atoms with Crippen molar-refractivity contribution < 1.29 is 8.42 Å². The number of thiophene rings is 1. The first-order chi connectivity index (χ1) is 9.48. The van der Waals surface area contributed by atoms with E-state index in [1.807, 2.05) is 12.3 Å². The molecule has 0 aromatic carbocycles. The first-order valence-corrected chi connectivity index (χ1v) is 9.58. The van der Waals surface area contributed by atoms with Crippen LogP contribution in [0, 0.1) is 6.92 Å². The average Bonchev–Trinajstić information content (AvgIpc) is 2.80. The number of rotatable bonds is 9. The minimum atomic E-state index is -3.41. The van der Waals surface area contributed by atoms with Gasteiger partial charge < -0.3 is 5.73 Å². The van der Waals surface area contributed by atoms with Crippen LogP contribution in [0.2, 0.25) is 0 Å². The minimum Gasteiger partial charge on any atom is -0.326 e. The van der Waals surface area contributed by atoms with Gasteiger partial charge in [-0.15, -0.1) is 11.3 Å². The Morgan fingerprint density at radius 2 is 1.75 bits per heavy atom. The Bertz CT molecular complexity index is 501. The maximum Gasteiger partial charge on any atom is 0.244 e. The van der Waals surface area contributed by atoms with Crippen molar-refractivity contribution >= 4 is 21.4 Å². The SMILES string of the molecule is CCCCN(CCCC)S(=O)(=O)c1c(C)csc1CN. The van der Waals surface area contributed by atoms with Crippen LogP contribution in [0.3, 0.4) is 0 Å². The van der Waals surface area contributed by atoms with Gasteiger partial charge in [-0.3, -0.25) is 0 Å². The predicted molar refractivity (Wildman–Crippen MR) is 85.5 cm³/mol. The molecule has 2 N–H and O–H groups in total. The van der Waals surface area contributed by atoms with Gasteiger partial charge in [0.1, 0.15) is 4.90 Å². The van der Waals surface area contributed by atoms with Crippen LogP contribution in [0.4, 0.5) is 0 Å². The molecule has 4 nitrogen and oxygen atoms in total. The van der Waals surface area contributed by atoms with E-state index in [1.165, 1.54) is 11.3 Å². The Morgan fingerprint density at radius 3 is 2.20 bits per heavy atom. The lowest BCUT2D eigenvalue weighted by Crippen LogP contribution is -2.33. The van der Waals surface area contributed by atoms with E-state index in [0.29, 0.717) is 18.0 Å². The third kappa shape index (κ3) is 4.04. The van der Waals surface area contributed by atoms with Crippen LogP contribution in [-0.4, -0.2) is 25.8 Å². The van der Waals surface area contributed by atoms with Crippen LogP contribution in [0.5, 0.6) is 0 Å². The lowest BCUT2D eigenvalue weighted by molar-refractivity contribution is 0.395. The minimum absolute atomic E-state index is 0.280. The van der Waals surface area contributed by atoms with Gasteiger partial charge in [0.05, 0.1) is 0 Å². The van der Waals surface area contributed by atoms with Gasteiger partial charge in [0.2, 0.25) is 10.0 Å². The summed E-state index contributed by atoms with van der Waals surface area (Å²) in [5.74, 6) is 0. The maximum atomic E-state index is 12.9. The molecule has 1 aromatic heterocycles. The fraction of sp³-hybridized carbons (Fsp3) is 0.714. The molecule has 0 unspecified atom stereocenters. The summed E-state index contributed by atoms with van der Waals surface area (Å²) in [5, 5.41) is 1.88. The van der Waals surface area contributed by atoms with Crippen LogP contribution in [0.25, 0.3) is 0 Å². The number of aryl methyl sites for hydroxylation is 1. The van der Waals surface area contributed by atoms with E-state index in [0.717, 1.165) is 36.1 Å². The molecule has 0 saturated carbocycles. The van der Waals surface area contributed by atoms with Crippen molar-refractivity contribution in [3.63, 3.8) is 0 Å². The van der Waals surface area contributed by atoms with Crippen LogP contribution in [0.15, 0.2) is 10.3 Å². The summed E-state index contributed by atoms with van der Waals surface area (Å²) in [6.07, 6.45) is 3.77. The Labute approximate surface area is 127 Å². The van der Waals surface area contributed by atoms with Crippen molar-refractivity contribution in [2.45, 2.75) is 57.9 Å². The van der Waals surface area contributed by atoms with Crippen LogP contribution >= 0.6 is 11.3 Å². The Hall–Kier alpha value is -0.430. The highest BCUT2D eigenvalue weighted by atomic mass is 32.2. The molecule has 1 heterocycles. The second kappa shape index (κ2) is 8.12. The molecule has 0 spiro atoms. The largest absolute Gasteiger partial charge is 0.326 e. The summed E-state index contributed by atoms with van der Waals surface area (Å²) in [7, 11) is -3.41. The second-order valence-electron chi connectivity index (χ2n) is 4.99. The summed E-state index contributed by atoms with van der Waals surface area (Å²) in [5.41, 5.74) is 6.50. The number of sulfonamides is 1. The molecule has 0 radical (unpaired) electrons. The standard InChI is InChI=1S/C14H26N2O2S2/c1-4-6-8-16(9-7-5-2)20(17,18)14-12(3)11-19-13(14)10-15/h11H,4-10,15H2,1-3H3. The zero-order valence-electron chi connectivity index (χ0n) is 12.7. The van der Waals surface area contributed by atoms with Crippen molar-refractivity contribution in [2.24, 2.45) is 5.73 Å². The highest BCUT2D eigenvalue weighted by molar-refractivity contribution is 7.89. The van der Waals surface area contributed by atoms with Gasteiger partial charge in [-0.25, -0.2) is 8.42 Å². The van der Waals surface area contributed by atoms with E-state index >= 15 is 0 Å². The molecular formula is C14H26N2O2S2. The highest BCUT2D eigenvalue weighted by Gasteiger charge is 2.28. The van der Waals surface area contributed by atoms with Gasteiger partial charge in [-0.2, -0.15) is 4.31 Å². The molecule has 0 aliphatic rings. The van der Waals surface area contributed by atoms with E-state index in [9.17, 15) is 8.42 Å². The van der Waals surface area contributed by atoms with Crippen LogP contribution < -0.4 is 5.73 Å². The molecule has 116 valence electrons. The lowest BCUT2D eigenvalue weighted by atomic mass is 10.3. The van der Waals surface area contributed by atoms with Crippen molar-refractivity contribution in [1.82, 2.24) is 4.31 Å². The lowest BCUT2D eigenvalue weighted by Gasteiger charge is -2.22. The monoisotopic (exact) mass is 318 g/mol. The molecule has 0 amide bonds. The fourth-order valence-corrected chi connectivity index (χ4v) is 5.29. The highest BCUT2D eigenvalue weighted by Crippen LogP contribution is 2.29. The molecule has 0 fully saturated rings. The number of hydrogen-bond acceptors (Lipinski definition) is 4. The van der Waals surface area contributed by atoms with Crippen molar-refractivity contribution in [3.8, 4) is 0 Å². The molecule has 0 aliphatic heterocycles. The van der Waals surface area contributed by atoms with Crippen molar-refractivity contribution in [2.75, 3.05) is 13.1 Å². The summed E-state index contributed by atoms with van der Waals surface area (Å²) in [6.45, 7) is 7.47. The van der Waals surface area contributed by atoms with E-state index < -0.39 is 10.0 Å². The first-order valence-electron chi connectivity index (χ1n) is 7.26.